The predicted octanol–water partition coefficient (Wildman–Crippen LogP) is -3.66. The molecule has 5 fully saturated rings. The first-order valence-corrected chi connectivity index (χ1v) is 20.3. The number of hydrogen-bond donors (Lipinski definition) is 11. The summed E-state index contributed by atoms with van der Waals surface area (Å²) >= 11 is 0. The minimum Gasteiger partial charge on any atom is -0.394 e. The van der Waals surface area contributed by atoms with E-state index in [1.54, 1.807) is 27.7 Å². The molecule has 5 saturated heterocycles. The first-order chi connectivity index (χ1) is 27.1. The quantitative estimate of drug-likeness (QED) is 0.0804. The van der Waals surface area contributed by atoms with E-state index in [4.69, 9.17) is 42.6 Å². The normalized spacial score (nSPS) is 52.5. The van der Waals surface area contributed by atoms with Crippen molar-refractivity contribution in [1.82, 2.24) is 0 Å². The number of aliphatic hydroxyl groups is 11. The fourth-order valence-electron chi connectivity index (χ4n) is 8.48. The molecule has 334 valence electrons. The summed E-state index contributed by atoms with van der Waals surface area (Å²) in [6.45, 7) is 9.10. The van der Waals surface area contributed by atoms with Crippen LogP contribution in [-0.4, -0.2) is 211 Å². The maximum absolute atomic E-state index is 11.6. The molecule has 5 aliphatic rings. The molecule has 0 aromatic heterocycles. The molecule has 0 spiro atoms. The Morgan fingerprint density at radius 3 is 1.12 bits per heavy atom. The van der Waals surface area contributed by atoms with Crippen LogP contribution in [0.4, 0.5) is 0 Å². The largest absolute Gasteiger partial charge is 0.394 e. The molecule has 57 heavy (non-hydrogen) atoms. The molecule has 10 unspecified atom stereocenters. The van der Waals surface area contributed by atoms with Crippen molar-refractivity contribution < 1.29 is 98.8 Å². The number of ether oxygens (including phenoxy) is 9. The average Bonchev–Trinajstić information content (AvgIpc) is 3.20. The Morgan fingerprint density at radius 1 is 0.333 bits per heavy atom. The van der Waals surface area contributed by atoms with Gasteiger partial charge >= 0.3 is 0 Å². The van der Waals surface area contributed by atoms with Gasteiger partial charge in [0.15, 0.2) is 25.2 Å². The Labute approximate surface area is 332 Å². The summed E-state index contributed by atoms with van der Waals surface area (Å²) in [4.78, 5) is 0. The molecular formula is C37H66O20. The molecule has 0 amide bonds. The molecule has 0 aliphatic carbocycles. The minimum absolute atomic E-state index is 0.199. The summed E-state index contributed by atoms with van der Waals surface area (Å²) < 4.78 is 53.6. The lowest BCUT2D eigenvalue weighted by atomic mass is 9.86. The van der Waals surface area contributed by atoms with Gasteiger partial charge in [0.2, 0.25) is 0 Å². The van der Waals surface area contributed by atoms with Crippen molar-refractivity contribution >= 4 is 0 Å². The number of rotatable bonds is 14. The highest BCUT2D eigenvalue weighted by Crippen LogP contribution is 2.38. The molecule has 5 aliphatic heterocycles. The van der Waals surface area contributed by atoms with Crippen LogP contribution in [0, 0.1) is 11.8 Å². The van der Waals surface area contributed by atoms with Gasteiger partial charge in [-0.25, -0.2) is 0 Å². The van der Waals surface area contributed by atoms with Gasteiger partial charge in [-0.15, -0.1) is 0 Å². The fourth-order valence-corrected chi connectivity index (χ4v) is 8.48. The Kier molecular flexibility index (Phi) is 16.9. The van der Waals surface area contributed by atoms with Crippen LogP contribution in [0.1, 0.15) is 67.2 Å². The summed E-state index contributed by atoms with van der Waals surface area (Å²) in [5, 5.41) is 120. The second-order valence-electron chi connectivity index (χ2n) is 15.9. The van der Waals surface area contributed by atoms with Crippen LogP contribution in [-0.2, 0) is 42.6 Å². The van der Waals surface area contributed by atoms with E-state index in [1.807, 2.05) is 6.92 Å². The maximum Gasteiger partial charge on any atom is 0.187 e. The Hall–Kier alpha value is -0.800. The molecular weight excluding hydrogens is 764 g/mol. The van der Waals surface area contributed by atoms with Crippen LogP contribution < -0.4 is 0 Å². The van der Waals surface area contributed by atoms with E-state index in [2.05, 4.69) is 0 Å². The second-order valence-corrected chi connectivity index (χ2v) is 15.9. The third-order valence-corrected chi connectivity index (χ3v) is 12.2. The molecule has 0 bridgehead atoms. The highest BCUT2D eigenvalue weighted by Gasteiger charge is 2.55. The van der Waals surface area contributed by atoms with Gasteiger partial charge in [-0.05, 0) is 25.7 Å². The van der Waals surface area contributed by atoms with E-state index >= 15 is 0 Å². The third-order valence-electron chi connectivity index (χ3n) is 12.2. The lowest BCUT2D eigenvalue weighted by Gasteiger charge is -2.50. The van der Waals surface area contributed by atoms with Gasteiger partial charge in [-0.1, -0.05) is 41.5 Å². The zero-order chi connectivity index (χ0) is 42.0. The summed E-state index contributed by atoms with van der Waals surface area (Å²) in [6, 6.07) is 0. The van der Waals surface area contributed by atoms with Crippen molar-refractivity contribution in [3.63, 3.8) is 0 Å². The lowest BCUT2D eigenvalue weighted by Crippen LogP contribution is -2.66. The molecule has 5 rings (SSSR count). The highest BCUT2D eigenvalue weighted by molar-refractivity contribution is 4.98. The van der Waals surface area contributed by atoms with E-state index in [-0.39, 0.29) is 31.3 Å². The van der Waals surface area contributed by atoms with Crippen molar-refractivity contribution in [1.29, 1.82) is 0 Å². The summed E-state index contributed by atoms with van der Waals surface area (Å²) in [5.41, 5.74) is 0. The minimum atomic E-state index is -1.77. The predicted molar refractivity (Wildman–Crippen MR) is 191 cm³/mol. The van der Waals surface area contributed by atoms with Crippen molar-refractivity contribution in [3.05, 3.63) is 0 Å². The van der Waals surface area contributed by atoms with Crippen LogP contribution in [0.15, 0.2) is 0 Å². The second kappa shape index (κ2) is 20.4. The molecule has 25 atom stereocenters. The molecule has 0 aromatic carbocycles. The maximum atomic E-state index is 11.6. The summed E-state index contributed by atoms with van der Waals surface area (Å²) in [6.07, 6.45) is -29.3. The fraction of sp³-hybridized carbons (Fsp3) is 1.00. The van der Waals surface area contributed by atoms with Crippen molar-refractivity contribution in [2.75, 3.05) is 13.2 Å². The Bertz CT molecular complexity index is 1220. The van der Waals surface area contributed by atoms with Gasteiger partial charge in [0.25, 0.3) is 0 Å². The molecule has 0 aromatic rings. The van der Waals surface area contributed by atoms with Crippen LogP contribution in [0.3, 0.4) is 0 Å². The standard InChI is InChI=1S/C37H66O20/c1-7-15-13(5)21(40)30(19(11-38)49-15)54-36-28(47)32(24(43)17(9-3)51-36)56-34-14(6)22(41)31(20(12-39)53-34)55-37-29(48)33(25(44)18(10-4)52-37)57-35-27(46)26(45)23(42)16(8-2)50-35/h13-48H,7-12H2,1-6H3/t13?,14-,15-,16-,17?,18-,19-,20?,21?,22?,23-,24-,25-,26?,27?,28-,29?,30+,31+,32?,33?,34-,35+,36-,37-/m0/s1. The van der Waals surface area contributed by atoms with Crippen molar-refractivity contribution in [3.8, 4) is 0 Å². The number of hydrogen-bond acceptors (Lipinski definition) is 20. The van der Waals surface area contributed by atoms with Gasteiger partial charge in [-0.2, -0.15) is 0 Å². The van der Waals surface area contributed by atoms with Crippen LogP contribution in [0.2, 0.25) is 0 Å². The SMILES string of the molecule is CCC1O[C@@H](O[C@H]2C(O)C(C)[C@H](CC)O[C@H]2CO)[C@@H](O)C(O[C@@H]2OC(CO)[C@@H](O[C@@H]3O[C@@H](CC)[C@H](O)C(O[C@H]4O[C@@H](CC)[C@H](O)C(O)C4O)C3O)C(O)[C@@H]2C)[C@H]1O. The third kappa shape index (κ3) is 9.66. The van der Waals surface area contributed by atoms with Crippen LogP contribution in [0.25, 0.3) is 0 Å². The van der Waals surface area contributed by atoms with Crippen molar-refractivity contribution in [2.24, 2.45) is 11.8 Å². The monoisotopic (exact) mass is 830 g/mol. The highest BCUT2D eigenvalue weighted by atomic mass is 16.8. The zero-order valence-electron chi connectivity index (χ0n) is 33.3. The smallest absolute Gasteiger partial charge is 0.187 e. The van der Waals surface area contributed by atoms with Gasteiger partial charge < -0.3 is 98.8 Å². The molecule has 0 radical (unpaired) electrons. The summed E-state index contributed by atoms with van der Waals surface area (Å²) in [7, 11) is 0. The molecule has 5 heterocycles. The van der Waals surface area contributed by atoms with Crippen molar-refractivity contribution in [2.45, 2.75) is 208 Å². The van der Waals surface area contributed by atoms with Gasteiger partial charge in [0, 0.05) is 11.8 Å². The lowest BCUT2D eigenvalue weighted by molar-refractivity contribution is -0.386. The molecule has 11 N–H and O–H groups in total. The van der Waals surface area contributed by atoms with E-state index < -0.39 is 154 Å². The molecule has 0 saturated carbocycles. The van der Waals surface area contributed by atoms with Gasteiger partial charge in [-0.3, -0.25) is 0 Å². The van der Waals surface area contributed by atoms with Crippen LogP contribution >= 0.6 is 0 Å². The van der Waals surface area contributed by atoms with E-state index in [0.29, 0.717) is 6.42 Å². The summed E-state index contributed by atoms with van der Waals surface area (Å²) in [5.74, 6) is -1.34. The average molecular weight is 831 g/mol. The van der Waals surface area contributed by atoms with E-state index in [0.717, 1.165) is 0 Å². The topological polar surface area (TPSA) is 306 Å². The zero-order valence-corrected chi connectivity index (χ0v) is 33.3. The van der Waals surface area contributed by atoms with E-state index in [9.17, 15) is 56.2 Å². The van der Waals surface area contributed by atoms with E-state index in [1.165, 1.54) is 6.92 Å². The Balaban J connectivity index is 1.29. The van der Waals surface area contributed by atoms with Gasteiger partial charge in [0.05, 0.1) is 49.8 Å². The Morgan fingerprint density at radius 2 is 0.684 bits per heavy atom. The first kappa shape index (κ1) is 47.3. The van der Waals surface area contributed by atoms with Gasteiger partial charge in [0.1, 0.15) is 79.4 Å². The number of aliphatic hydroxyl groups excluding tert-OH is 11. The first-order valence-electron chi connectivity index (χ1n) is 20.3. The molecule has 20 heteroatoms. The van der Waals surface area contributed by atoms with Crippen LogP contribution in [0.5, 0.6) is 0 Å². The molecule has 20 nitrogen and oxygen atoms in total.